The molecule has 252 valence electrons. The third kappa shape index (κ3) is 6.71. The standard InChI is InChI=1S/C31H32ClF3N10O3/c1-42-24(22-17-45(41-26(22)31(33,34)35)25-5-2-19(36)15-38-25)16-39-27(42)28(46)40-20-3-4-21(23(32)14-20)30(48)44-12-10-43(11-13-44)29(47)18-6-8-37-9-7-18/h2-5,14-18,37H,6-13,36H2,1H3,(H,40,46). The van der Waals surface area contributed by atoms with E-state index in [-0.39, 0.29) is 56.9 Å². The Morgan fingerprint density at radius 2 is 1.71 bits per heavy atom. The molecule has 0 radical (unpaired) electrons. The number of nitrogens with zero attached hydrogens (tertiary/aromatic N) is 7. The van der Waals surface area contributed by atoms with Gasteiger partial charge in [0.25, 0.3) is 11.8 Å². The molecule has 1 aromatic carbocycles. The first-order valence-corrected chi connectivity index (χ1v) is 15.6. The largest absolute Gasteiger partial charge is 0.435 e. The van der Waals surface area contributed by atoms with Crippen molar-refractivity contribution < 1.29 is 27.6 Å². The van der Waals surface area contributed by atoms with Crippen molar-refractivity contribution in [2.45, 2.75) is 19.0 Å². The lowest BCUT2D eigenvalue weighted by molar-refractivity contribution is -0.141. The lowest BCUT2D eigenvalue weighted by Crippen LogP contribution is -2.52. The van der Waals surface area contributed by atoms with Crippen LogP contribution in [-0.2, 0) is 18.0 Å². The van der Waals surface area contributed by atoms with Gasteiger partial charge in [0, 0.05) is 51.0 Å². The van der Waals surface area contributed by atoms with Crippen LogP contribution in [-0.4, -0.2) is 91.1 Å². The molecule has 0 aliphatic carbocycles. The van der Waals surface area contributed by atoms with E-state index in [0.29, 0.717) is 31.9 Å². The first-order chi connectivity index (χ1) is 22.9. The summed E-state index contributed by atoms with van der Waals surface area (Å²) < 4.78 is 44.2. The lowest BCUT2D eigenvalue weighted by atomic mass is 9.96. The Balaban J connectivity index is 1.13. The van der Waals surface area contributed by atoms with Crippen LogP contribution in [0.25, 0.3) is 17.1 Å². The van der Waals surface area contributed by atoms with E-state index in [1.807, 2.05) is 4.90 Å². The van der Waals surface area contributed by atoms with Crippen molar-refractivity contribution in [1.29, 1.82) is 0 Å². The molecule has 0 saturated carbocycles. The van der Waals surface area contributed by atoms with Crippen molar-refractivity contribution in [2.24, 2.45) is 13.0 Å². The van der Waals surface area contributed by atoms with E-state index in [4.69, 9.17) is 17.3 Å². The molecule has 13 nitrogen and oxygen atoms in total. The zero-order valence-electron chi connectivity index (χ0n) is 25.8. The maximum absolute atomic E-state index is 14.0. The van der Waals surface area contributed by atoms with Crippen LogP contribution in [0.1, 0.15) is 39.5 Å². The van der Waals surface area contributed by atoms with Crippen molar-refractivity contribution in [3.8, 4) is 17.1 Å². The summed E-state index contributed by atoms with van der Waals surface area (Å²) in [7, 11) is 1.41. The number of nitrogens with one attached hydrogen (secondary N) is 2. The van der Waals surface area contributed by atoms with E-state index >= 15 is 0 Å². The third-order valence-corrected chi connectivity index (χ3v) is 8.79. The van der Waals surface area contributed by atoms with Crippen LogP contribution >= 0.6 is 11.6 Å². The van der Waals surface area contributed by atoms with Crippen LogP contribution < -0.4 is 16.4 Å². The normalized spacial score (nSPS) is 15.9. The molecule has 0 unspecified atom stereocenters. The summed E-state index contributed by atoms with van der Waals surface area (Å²) in [5.74, 6) is -0.926. The number of piperazine rings is 1. The Hall–Kier alpha value is -4.96. The van der Waals surface area contributed by atoms with Gasteiger partial charge in [-0.05, 0) is 56.3 Å². The highest BCUT2D eigenvalue weighted by Gasteiger charge is 2.39. The first kappa shape index (κ1) is 33.0. The second kappa shape index (κ2) is 13.3. The molecule has 4 aromatic rings. The monoisotopic (exact) mass is 684 g/mol. The molecule has 3 aromatic heterocycles. The second-order valence-corrected chi connectivity index (χ2v) is 12.0. The molecule has 0 bridgehead atoms. The number of carbonyl (C=O) groups excluding carboxylic acids is 3. The zero-order valence-corrected chi connectivity index (χ0v) is 26.6. The van der Waals surface area contributed by atoms with Crippen LogP contribution in [0.5, 0.6) is 0 Å². The average Bonchev–Trinajstić information content (AvgIpc) is 3.69. The van der Waals surface area contributed by atoms with Gasteiger partial charge < -0.3 is 30.7 Å². The quantitative estimate of drug-likeness (QED) is 0.279. The minimum atomic E-state index is -4.81. The number of halogens is 4. The Morgan fingerprint density at radius 1 is 1.00 bits per heavy atom. The van der Waals surface area contributed by atoms with Crippen molar-refractivity contribution in [3.63, 3.8) is 0 Å². The zero-order chi connectivity index (χ0) is 34.2. The van der Waals surface area contributed by atoms with Gasteiger partial charge in [-0.15, -0.1) is 0 Å². The molecule has 6 rings (SSSR count). The number of hydrogen-bond acceptors (Lipinski definition) is 8. The molecular formula is C31H32ClF3N10O3. The number of piperidine rings is 1. The molecule has 2 aliphatic heterocycles. The molecule has 4 N–H and O–H groups in total. The Morgan fingerprint density at radius 3 is 2.35 bits per heavy atom. The van der Waals surface area contributed by atoms with Gasteiger partial charge in [-0.1, -0.05) is 11.6 Å². The summed E-state index contributed by atoms with van der Waals surface area (Å²) in [4.78, 5) is 50.9. The highest BCUT2D eigenvalue weighted by Crippen LogP contribution is 2.37. The van der Waals surface area contributed by atoms with Gasteiger partial charge >= 0.3 is 6.18 Å². The number of carbonyl (C=O) groups is 3. The SMILES string of the molecule is Cn1c(-c2cn(-c3ccc(N)cn3)nc2C(F)(F)F)cnc1C(=O)Nc1ccc(C(=O)N2CCN(C(=O)C3CCNCC3)CC2)c(Cl)c1. The summed E-state index contributed by atoms with van der Waals surface area (Å²) in [6.45, 7) is 3.28. The highest BCUT2D eigenvalue weighted by molar-refractivity contribution is 6.34. The predicted octanol–water partition coefficient (Wildman–Crippen LogP) is 3.46. The molecule has 3 amide bonds. The third-order valence-electron chi connectivity index (χ3n) is 8.48. The molecule has 0 spiro atoms. The molecule has 48 heavy (non-hydrogen) atoms. The highest BCUT2D eigenvalue weighted by atomic mass is 35.5. The van der Waals surface area contributed by atoms with Crippen molar-refractivity contribution >= 4 is 40.7 Å². The Kier molecular flexibility index (Phi) is 9.11. The van der Waals surface area contributed by atoms with Crippen LogP contribution in [0.3, 0.4) is 0 Å². The number of amides is 3. The van der Waals surface area contributed by atoms with Gasteiger partial charge in [0.15, 0.2) is 17.3 Å². The average molecular weight is 685 g/mol. The second-order valence-electron chi connectivity index (χ2n) is 11.6. The van der Waals surface area contributed by atoms with Gasteiger partial charge in [0.05, 0.1) is 39.9 Å². The van der Waals surface area contributed by atoms with E-state index in [1.165, 1.54) is 48.1 Å². The summed E-state index contributed by atoms with van der Waals surface area (Å²) in [5.41, 5.74) is 4.96. The number of nitrogen functional groups attached to an aromatic ring is 1. The molecule has 2 fully saturated rings. The van der Waals surface area contributed by atoms with E-state index < -0.39 is 17.8 Å². The fraction of sp³-hybridized carbons (Fsp3) is 0.355. The van der Waals surface area contributed by atoms with Crippen molar-refractivity contribution in [1.82, 2.24) is 39.4 Å². The molecule has 17 heteroatoms. The number of anilines is 2. The minimum Gasteiger partial charge on any atom is -0.397 e. The van der Waals surface area contributed by atoms with E-state index in [1.54, 1.807) is 4.90 Å². The van der Waals surface area contributed by atoms with Crippen LogP contribution in [0, 0.1) is 5.92 Å². The summed E-state index contributed by atoms with van der Waals surface area (Å²) in [6, 6.07) is 7.32. The topological polar surface area (TPSA) is 156 Å². The van der Waals surface area contributed by atoms with E-state index in [9.17, 15) is 27.6 Å². The maximum Gasteiger partial charge on any atom is 0.435 e. The van der Waals surface area contributed by atoms with Gasteiger partial charge in [-0.2, -0.15) is 18.3 Å². The fourth-order valence-electron chi connectivity index (χ4n) is 5.87. The molecule has 2 aliphatic rings. The van der Waals surface area contributed by atoms with E-state index in [2.05, 4.69) is 25.7 Å². The maximum atomic E-state index is 14.0. The Bertz CT molecular complexity index is 1840. The van der Waals surface area contributed by atoms with Crippen molar-refractivity contribution in [3.05, 3.63) is 71.0 Å². The number of imidazole rings is 1. The Labute approximate surface area is 277 Å². The first-order valence-electron chi connectivity index (χ1n) is 15.2. The van der Waals surface area contributed by atoms with Crippen LogP contribution in [0.2, 0.25) is 5.02 Å². The molecular weight excluding hydrogens is 653 g/mol. The number of rotatable bonds is 6. The van der Waals surface area contributed by atoms with Crippen molar-refractivity contribution in [2.75, 3.05) is 50.3 Å². The summed E-state index contributed by atoms with van der Waals surface area (Å²) in [6.07, 6.45) is 0.413. The van der Waals surface area contributed by atoms with Gasteiger partial charge in [0.1, 0.15) is 0 Å². The predicted molar refractivity (Wildman–Crippen MR) is 170 cm³/mol. The fourth-order valence-corrected chi connectivity index (χ4v) is 6.13. The van der Waals surface area contributed by atoms with Gasteiger partial charge in [0.2, 0.25) is 5.91 Å². The number of aromatic nitrogens is 5. The van der Waals surface area contributed by atoms with Crippen LogP contribution in [0.15, 0.2) is 48.9 Å². The van der Waals surface area contributed by atoms with Crippen LogP contribution in [0.4, 0.5) is 24.5 Å². The minimum absolute atomic E-state index is 0.00862. The van der Waals surface area contributed by atoms with Gasteiger partial charge in [-0.3, -0.25) is 14.4 Å². The lowest BCUT2D eigenvalue weighted by Gasteiger charge is -2.37. The smallest absolute Gasteiger partial charge is 0.397 e. The number of hydrogen-bond donors (Lipinski definition) is 3. The van der Waals surface area contributed by atoms with Gasteiger partial charge in [-0.25, -0.2) is 14.6 Å². The molecule has 5 heterocycles. The van der Waals surface area contributed by atoms with E-state index in [0.717, 1.165) is 43.0 Å². The molecule has 0 atom stereocenters. The number of alkyl halides is 3. The summed E-state index contributed by atoms with van der Waals surface area (Å²) >= 11 is 6.47. The number of nitrogens with two attached hydrogens (primary N) is 1. The number of pyridine rings is 1. The molecule has 2 saturated heterocycles. The number of benzene rings is 1. The summed E-state index contributed by atoms with van der Waals surface area (Å²) in [5, 5.41) is 9.69.